The number of ether oxygens (including phenoxy) is 1. The summed E-state index contributed by atoms with van der Waals surface area (Å²) < 4.78 is 5.36. The van der Waals surface area contributed by atoms with Crippen molar-refractivity contribution >= 4 is 46.3 Å². The number of nitrogens with zero attached hydrogens (tertiary/aromatic N) is 1. The molecule has 1 aliphatic rings. The summed E-state index contributed by atoms with van der Waals surface area (Å²) in [6.07, 6.45) is 2.97. The number of thiocarbonyl (C=S) groups is 1. The summed E-state index contributed by atoms with van der Waals surface area (Å²) >= 11 is 6.51. The normalized spacial score (nSPS) is 16.3. The topological polar surface area (TPSA) is 46.6 Å². The van der Waals surface area contributed by atoms with Gasteiger partial charge < -0.3 is 4.74 Å². The fourth-order valence-electron chi connectivity index (χ4n) is 2.13. The molecule has 0 aliphatic carbocycles. The number of hydrogen-bond donors (Lipinski definition) is 0. The number of carbonyl (C=O) groups is 2. The van der Waals surface area contributed by atoms with Crippen LogP contribution < -0.4 is 0 Å². The van der Waals surface area contributed by atoms with Crippen LogP contribution in [-0.4, -0.2) is 34.2 Å². The summed E-state index contributed by atoms with van der Waals surface area (Å²) in [4.78, 5) is 25.9. The van der Waals surface area contributed by atoms with E-state index in [0.29, 0.717) is 15.8 Å². The van der Waals surface area contributed by atoms with Crippen molar-refractivity contribution in [1.82, 2.24) is 4.90 Å². The number of carbonyl (C=O) groups excluding carboxylic acids is 2. The Balaban J connectivity index is 2.04. The molecular formula is C17H19NO3S2. The number of rotatable bonds is 6. The molecule has 1 aromatic carbocycles. The van der Waals surface area contributed by atoms with E-state index in [1.54, 1.807) is 6.92 Å². The van der Waals surface area contributed by atoms with Crippen LogP contribution in [0.1, 0.15) is 31.4 Å². The number of hydrogen-bond acceptors (Lipinski definition) is 5. The molecule has 1 aromatic rings. The van der Waals surface area contributed by atoms with Crippen LogP contribution in [0.2, 0.25) is 0 Å². The van der Waals surface area contributed by atoms with Crippen molar-refractivity contribution in [2.75, 3.05) is 13.2 Å². The van der Waals surface area contributed by atoms with Crippen LogP contribution in [0.5, 0.6) is 0 Å². The van der Waals surface area contributed by atoms with Crippen LogP contribution in [0.3, 0.4) is 0 Å². The molecule has 0 radical (unpaired) electrons. The van der Waals surface area contributed by atoms with Crippen molar-refractivity contribution in [3.8, 4) is 0 Å². The fraction of sp³-hybridized carbons (Fsp3) is 0.353. The molecule has 0 atom stereocenters. The standard InChI is InChI=1S/C17H19NO3S2/c1-3-12-5-7-13(8-6-12)11-14-16(20)18(17(22)23-14)10-9-15(19)21-4-2/h5-8,11H,3-4,9-10H2,1-2H3/b14-11-. The second-order valence-corrected chi connectivity index (χ2v) is 6.66. The van der Waals surface area contributed by atoms with Gasteiger partial charge in [0.1, 0.15) is 4.32 Å². The van der Waals surface area contributed by atoms with Gasteiger partial charge in [0.15, 0.2) is 0 Å². The second-order valence-electron chi connectivity index (χ2n) is 4.98. The molecule has 0 unspecified atom stereocenters. The van der Waals surface area contributed by atoms with Gasteiger partial charge in [0.05, 0.1) is 17.9 Å². The van der Waals surface area contributed by atoms with Crippen LogP contribution in [0.4, 0.5) is 0 Å². The lowest BCUT2D eigenvalue weighted by Crippen LogP contribution is -2.30. The largest absolute Gasteiger partial charge is 0.466 e. The van der Waals surface area contributed by atoms with Crippen LogP contribution in [0, 0.1) is 0 Å². The Morgan fingerprint density at radius 2 is 2.00 bits per heavy atom. The molecule has 1 fully saturated rings. The third kappa shape index (κ3) is 4.65. The van der Waals surface area contributed by atoms with Crippen molar-refractivity contribution in [2.24, 2.45) is 0 Å². The molecule has 0 N–H and O–H groups in total. The molecule has 1 aliphatic heterocycles. The molecule has 122 valence electrons. The summed E-state index contributed by atoms with van der Waals surface area (Å²) in [5.41, 5.74) is 2.22. The zero-order chi connectivity index (χ0) is 16.8. The molecule has 1 saturated heterocycles. The number of benzene rings is 1. The molecule has 6 heteroatoms. The average molecular weight is 349 g/mol. The SMILES string of the molecule is CCOC(=O)CCN1C(=O)/C(=C/c2ccc(CC)cc2)SC1=S. The van der Waals surface area contributed by atoms with Crippen LogP contribution >= 0.6 is 24.0 Å². The van der Waals surface area contributed by atoms with E-state index in [1.807, 2.05) is 30.3 Å². The maximum Gasteiger partial charge on any atom is 0.307 e. The van der Waals surface area contributed by atoms with E-state index in [2.05, 4.69) is 6.92 Å². The maximum absolute atomic E-state index is 12.4. The van der Waals surface area contributed by atoms with Crippen molar-refractivity contribution < 1.29 is 14.3 Å². The Morgan fingerprint density at radius 1 is 1.30 bits per heavy atom. The Hall–Kier alpha value is -1.66. The van der Waals surface area contributed by atoms with E-state index >= 15 is 0 Å². The van der Waals surface area contributed by atoms with E-state index in [9.17, 15) is 9.59 Å². The van der Waals surface area contributed by atoms with E-state index < -0.39 is 0 Å². The van der Waals surface area contributed by atoms with Crippen LogP contribution in [0.15, 0.2) is 29.2 Å². The van der Waals surface area contributed by atoms with Gasteiger partial charge in [-0.3, -0.25) is 14.5 Å². The monoisotopic (exact) mass is 349 g/mol. The van der Waals surface area contributed by atoms with Gasteiger partial charge >= 0.3 is 5.97 Å². The highest BCUT2D eigenvalue weighted by Crippen LogP contribution is 2.32. The predicted molar refractivity (Wildman–Crippen MR) is 96.9 cm³/mol. The first-order valence-electron chi connectivity index (χ1n) is 7.55. The Kier molecular flexibility index (Phi) is 6.36. The zero-order valence-corrected chi connectivity index (χ0v) is 14.8. The van der Waals surface area contributed by atoms with E-state index in [-0.39, 0.29) is 24.8 Å². The Labute approximate surface area is 145 Å². The van der Waals surface area contributed by atoms with Crippen molar-refractivity contribution in [3.63, 3.8) is 0 Å². The first-order chi connectivity index (χ1) is 11.0. The Bertz CT molecular complexity index is 638. The van der Waals surface area contributed by atoms with Gasteiger partial charge in [0.2, 0.25) is 0 Å². The molecule has 2 rings (SSSR count). The van der Waals surface area contributed by atoms with Gasteiger partial charge in [-0.05, 0) is 30.5 Å². The van der Waals surface area contributed by atoms with Gasteiger partial charge in [-0.15, -0.1) is 0 Å². The quantitative estimate of drug-likeness (QED) is 0.447. The summed E-state index contributed by atoms with van der Waals surface area (Å²) in [5.74, 6) is -0.468. The average Bonchev–Trinajstić information content (AvgIpc) is 2.80. The minimum absolute atomic E-state index is 0.149. The number of esters is 1. The molecule has 0 aromatic heterocycles. The van der Waals surface area contributed by atoms with Gasteiger partial charge in [-0.1, -0.05) is 55.2 Å². The molecular weight excluding hydrogens is 330 g/mol. The third-order valence-corrected chi connectivity index (χ3v) is 4.78. The van der Waals surface area contributed by atoms with Crippen molar-refractivity contribution in [2.45, 2.75) is 26.7 Å². The van der Waals surface area contributed by atoms with E-state index in [4.69, 9.17) is 17.0 Å². The fourth-order valence-corrected chi connectivity index (χ4v) is 3.44. The number of aryl methyl sites for hydroxylation is 1. The Morgan fingerprint density at radius 3 is 2.61 bits per heavy atom. The van der Waals surface area contributed by atoms with Crippen LogP contribution in [0.25, 0.3) is 6.08 Å². The van der Waals surface area contributed by atoms with Crippen molar-refractivity contribution in [3.05, 3.63) is 40.3 Å². The lowest BCUT2D eigenvalue weighted by molar-refractivity contribution is -0.143. The highest BCUT2D eigenvalue weighted by Gasteiger charge is 2.32. The summed E-state index contributed by atoms with van der Waals surface area (Å²) in [5, 5.41) is 0. The van der Waals surface area contributed by atoms with E-state index in [0.717, 1.165) is 12.0 Å². The molecule has 1 heterocycles. The summed E-state index contributed by atoms with van der Waals surface area (Å²) in [6.45, 7) is 4.45. The number of thioether (sulfide) groups is 1. The van der Waals surface area contributed by atoms with Crippen LogP contribution in [-0.2, 0) is 20.7 Å². The third-order valence-electron chi connectivity index (χ3n) is 3.40. The van der Waals surface area contributed by atoms with Crippen molar-refractivity contribution in [1.29, 1.82) is 0 Å². The van der Waals surface area contributed by atoms with Gasteiger partial charge in [0, 0.05) is 6.54 Å². The highest BCUT2D eigenvalue weighted by molar-refractivity contribution is 8.26. The van der Waals surface area contributed by atoms with Gasteiger partial charge in [-0.25, -0.2) is 0 Å². The molecule has 1 amide bonds. The van der Waals surface area contributed by atoms with Gasteiger partial charge in [0.25, 0.3) is 5.91 Å². The predicted octanol–water partition coefficient (Wildman–Crippen LogP) is 3.40. The maximum atomic E-state index is 12.4. The van der Waals surface area contributed by atoms with Gasteiger partial charge in [-0.2, -0.15) is 0 Å². The van der Waals surface area contributed by atoms with E-state index in [1.165, 1.54) is 22.2 Å². The zero-order valence-electron chi connectivity index (χ0n) is 13.2. The first-order valence-corrected chi connectivity index (χ1v) is 8.77. The molecule has 0 saturated carbocycles. The molecule has 4 nitrogen and oxygen atoms in total. The molecule has 0 bridgehead atoms. The minimum Gasteiger partial charge on any atom is -0.466 e. The second kappa shape index (κ2) is 8.26. The number of amides is 1. The summed E-state index contributed by atoms with van der Waals surface area (Å²) in [6, 6.07) is 8.08. The molecule has 23 heavy (non-hydrogen) atoms. The minimum atomic E-state index is -0.319. The lowest BCUT2D eigenvalue weighted by Gasteiger charge is -2.13. The summed E-state index contributed by atoms with van der Waals surface area (Å²) in [7, 11) is 0. The first kappa shape index (κ1) is 17.7. The smallest absolute Gasteiger partial charge is 0.307 e. The lowest BCUT2D eigenvalue weighted by atomic mass is 10.1. The molecule has 0 spiro atoms. The highest BCUT2D eigenvalue weighted by atomic mass is 32.2.